The standard InChI is InChI=1S/C22H25NO2/c1-4-5-6-17-11-16-12-18(24-2)9-10-20(16)22-13-15-7-8-19(25-3)14-21(15)23(17)22/h7-10,12-14,17H,4-6,11H2,1-3H3. The van der Waals surface area contributed by atoms with Gasteiger partial charge in [-0.2, -0.15) is 0 Å². The molecule has 1 aliphatic heterocycles. The molecule has 2 heterocycles. The number of rotatable bonds is 5. The van der Waals surface area contributed by atoms with Crippen molar-refractivity contribution < 1.29 is 9.47 Å². The van der Waals surface area contributed by atoms with Crippen molar-refractivity contribution in [3.05, 3.63) is 48.0 Å². The van der Waals surface area contributed by atoms with Gasteiger partial charge in [-0.15, -0.1) is 0 Å². The van der Waals surface area contributed by atoms with E-state index in [0.717, 1.165) is 17.9 Å². The third kappa shape index (κ3) is 2.68. The molecule has 0 amide bonds. The first-order chi connectivity index (χ1) is 12.2. The van der Waals surface area contributed by atoms with E-state index in [2.05, 4.69) is 47.9 Å². The zero-order valence-electron chi connectivity index (χ0n) is 15.2. The number of fused-ring (bicyclic) bond motifs is 5. The minimum atomic E-state index is 0.485. The molecule has 0 radical (unpaired) electrons. The largest absolute Gasteiger partial charge is 0.497 e. The maximum Gasteiger partial charge on any atom is 0.120 e. The molecule has 130 valence electrons. The van der Waals surface area contributed by atoms with Crippen molar-refractivity contribution in [2.45, 2.75) is 38.6 Å². The minimum Gasteiger partial charge on any atom is -0.497 e. The number of hydrogen-bond donors (Lipinski definition) is 0. The third-order valence-corrected chi connectivity index (χ3v) is 5.35. The Balaban J connectivity index is 1.92. The van der Waals surface area contributed by atoms with Gasteiger partial charge in [-0.1, -0.05) is 19.8 Å². The summed E-state index contributed by atoms with van der Waals surface area (Å²) in [5, 5.41) is 1.28. The van der Waals surface area contributed by atoms with Gasteiger partial charge in [0.15, 0.2) is 0 Å². The third-order valence-electron chi connectivity index (χ3n) is 5.35. The van der Waals surface area contributed by atoms with Crippen LogP contribution in [0.3, 0.4) is 0 Å². The number of benzene rings is 2. The minimum absolute atomic E-state index is 0.485. The Bertz CT molecular complexity index is 910. The average molecular weight is 335 g/mol. The highest BCUT2D eigenvalue weighted by molar-refractivity contribution is 5.89. The number of hydrogen-bond acceptors (Lipinski definition) is 2. The highest BCUT2D eigenvalue weighted by Crippen LogP contribution is 2.42. The van der Waals surface area contributed by atoms with Crippen molar-refractivity contribution in [3.63, 3.8) is 0 Å². The lowest BCUT2D eigenvalue weighted by Crippen LogP contribution is -2.18. The smallest absolute Gasteiger partial charge is 0.120 e. The van der Waals surface area contributed by atoms with Crippen molar-refractivity contribution >= 4 is 10.9 Å². The highest BCUT2D eigenvalue weighted by atomic mass is 16.5. The van der Waals surface area contributed by atoms with Gasteiger partial charge in [-0.3, -0.25) is 0 Å². The van der Waals surface area contributed by atoms with Gasteiger partial charge in [-0.25, -0.2) is 0 Å². The van der Waals surface area contributed by atoms with Gasteiger partial charge in [0.05, 0.1) is 19.7 Å². The fraction of sp³-hybridized carbons (Fsp3) is 0.364. The van der Waals surface area contributed by atoms with E-state index in [1.54, 1.807) is 14.2 Å². The van der Waals surface area contributed by atoms with Crippen molar-refractivity contribution in [1.29, 1.82) is 0 Å². The van der Waals surface area contributed by atoms with Gasteiger partial charge >= 0.3 is 0 Å². The van der Waals surface area contributed by atoms with E-state index >= 15 is 0 Å². The molecule has 0 saturated carbocycles. The van der Waals surface area contributed by atoms with Crippen LogP contribution in [0.25, 0.3) is 22.2 Å². The monoisotopic (exact) mass is 335 g/mol. The fourth-order valence-corrected chi connectivity index (χ4v) is 4.06. The molecule has 0 N–H and O–H groups in total. The predicted octanol–water partition coefficient (Wildman–Crippen LogP) is 5.61. The van der Waals surface area contributed by atoms with Crippen LogP contribution in [0.4, 0.5) is 0 Å². The van der Waals surface area contributed by atoms with Crippen molar-refractivity contribution in [2.24, 2.45) is 0 Å². The average Bonchev–Trinajstić information content (AvgIpc) is 3.04. The molecule has 4 rings (SSSR count). The van der Waals surface area contributed by atoms with Crippen LogP contribution in [-0.2, 0) is 6.42 Å². The van der Waals surface area contributed by atoms with Crippen molar-refractivity contribution in [1.82, 2.24) is 4.57 Å². The molecular formula is C22H25NO2. The van der Waals surface area contributed by atoms with Crippen LogP contribution in [0.5, 0.6) is 11.5 Å². The van der Waals surface area contributed by atoms with Gasteiger partial charge in [0.25, 0.3) is 0 Å². The summed E-state index contributed by atoms with van der Waals surface area (Å²) in [4.78, 5) is 0. The molecule has 1 unspecified atom stereocenters. The molecule has 0 bridgehead atoms. The van der Waals surface area contributed by atoms with Crippen LogP contribution in [0.2, 0.25) is 0 Å². The summed E-state index contributed by atoms with van der Waals surface area (Å²) in [6.45, 7) is 2.26. The molecule has 25 heavy (non-hydrogen) atoms. The number of nitrogens with zero attached hydrogens (tertiary/aromatic N) is 1. The summed E-state index contributed by atoms with van der Waals surface area (Å²) in [5.74, 6) is 1.86. The molecule has 1 atom stereocenters. The molecule has 3 heteroatoms. The zero-order valence-corrected chi connectivity index (χ0v) is 15.2. The maximum atomic E-state index is 5.47. The summed E-state index contributed by atoms with van der Waals surface area (Å²) in [6, 6.07) is 15.7. The van der Waals surface area contributed by atoms with Crippen LogP contribution in [0.15, 0.2) is 42.5 Å². The number of aromatic nitrogens is 1. The van der Waals surface area contributed by atoms with Gasteiger partial charge in [-0.05, 0) is 54.8 Å². The van der Waals surface area contributed by atoms with Crippen LogP contribution in [0.1, 0.15) is 37.8 Å². The Morgan fingerprint density at radius 3 is 2.52 bits per heavy atom. The topological polar surface area (TPSA) is 23.4 Å². The zero-order chi connectivity index (χ0) is 17.4. The molecule has 0 aliphatic carbocycles. The van der Waals surface area contributed by atoms with Crippen LogP contribution >= 0.6 is 0 Å². The summed E-state index contributed by atoms with van der Waals surface area (Å²) in [6.07, 6.45) is 4.72. The number of unbranched alkanes of at least 4 members (excludes halogenated alkanes) is 1. The summed E-state index contributed by atoms with van der Waals surface area (Å²) in [7, 11) is 3.47. The molecule has 1 aromatic heterocycles. The second-order valence-electron chi connectivity index (χ2n) is 6.85. The summed E-state index contributed by atoms with van der Waals surface area (Å²) >= 11 is 0. The first-order valence-corrected chi connectivity index (χ1v) is 9.11. The van der Waals surface area contributed by atoms with Gasteiger partial charge in [0.1, 0.15) is 11.5 Å². The van der Waals surface area contributed by atoms with E-state index in [0.29, 0.717) is 6.04 Å². The second kappa shape index (κ2) is 6.47. The number of methoxy groups -OCH3 is 2. The molecular weight excluding hydrogens is 310 g/mol. The molecule has 1 aliphatic rings. The van der Waals surface area contributed by atoms with E-state index in [1.165, 1.54) is 47.0 Å². The second-order valence-corrected chi connectivity index (χ2v) is 6.85. The van der Waals surface area contributed by atoms with Gasteiger partial charge in [0, 0.05) is 28.8 Å². The lowest BCUT2D eigenvalue weighted by molar-refractivity contribution is 0.411. The first kappa shape index (κ1) is 16.1. The highest BCUT2D eigenvalue weighted by Gasteiger charge is 2.26. The molecule has 0 saturated heterocycles. The molecule has 0 spiro atoms. The van der Waals surface area contributed by atoms with Crippen molar-refractivity contribution in [2.75, 3.05) is 14.2 Å². The quantitative estimate of drug-likeness (QED) is 0.605. The van der Waals surface area contributed by atoms with Crippen LogP contribution < -0.4 is 9.47 Å². The van der Waals surface area contributed by atoms with Crippen LogP contribution in [0, 0.1) is 0 Å². The van der Waals surface area contributed by atoms with E-state index in [9.17, 15) is 0 Å². The molecule has 3 nitrogen and oxygen atoms in total. The lowest BCUT2D eigenvalue weighted by Gasteiger charge is -2.29. The number of ether oxygens (including phenoxy) is 2. The molecule has 3 aromatic rings. The maximum absolute atomic E-state index is 5.47. The fourth-order valence-electron chi connectivity index (χ4n) is 4.06. The van der Waals surface area contributed by atoms with Gasteiger partial charge in [0.2, 0.25) is 0 Å². The summed E-state index contributed by atoms with van der Waals surface area (Å²) in [5.41, 5.74) is 5.30. The Morgan fingerprint density at radius 1 is 1.00 bits per heavy atom. The SMILES string of the molecule is CCCCC1Cc2cc(OC)ccc2-c2cc3ccc(OC)cc3n21. The first-order valence-electron chi connectivity index (χ1n) is 9.11. The molecule has 0 fully saturated rings. The van der Waals surface area contributed by atoms with Crippen LogP contribution in [-0.4, -0.2) is 18.8 Å². The van der Waals surface area contributed by atoms with E-state index in [4.69, 9.17) is 9.47 Å². The van der Waals surface area contributed by atoms with E-state index in [-0.39, 0.29) is 0 Å². The Kier molecular flexibility index (Phi) is 4.16. The molecule has 2 aromatic carbocycles. The Morgan fingerprint density at radius 2 is 1.76 bits per heavy atom. The van der Waals surface area contributed by atoms with Gasteiger partial charge < -0.3 is 14.0 Å². The van der Waals surface area contributed by atoms with E-state index < -0.39 is 0 Å². The van der Waals surface area contributed by atoms with E-state index in [1.807, 2.05) is 6.07 Å². The predicted molar refractivity (Wildman–Crippen MR) is 103 cm³/mol. The normalized spacial score (nSPS) is 15.7. The lowest BCUT2D eigenvalue weighted by atomic mass is 9.91. The van der Waals surface area contributed by atoms with Crippen molar-refractivity contribution in [3.8, 4) is 22.8 Å². The Labute approximate surface area is 149 Å². The summed E-state index contributed by atoms with van der Waals surface area (Å²) < 4.78 is 13.4. The Hall–Kier alpha value is -2.42.